The molecule has 0 spiro atoms. The maximum atomic E-state index is 12.2. The SMILES string of the molecule is CC(=O)NCc1ccc2c(c1)c(C(N)=O)nn2-c1cccc(C#C[C@]2(O)CCN(C)C2=O)c1. The average molecular weight is 445 g/mol. The Morgan fingerprint density at radius 1 is 1.27 bits per heavy atom. The van der Waals surface area contributed by atoms with E-state index < -0.39 is 17.4 Å². The van der Waals surface area contributed by atoms with Crippen LogP contribution in [-0.4, -0.2) is 56.7 Å². The fourth-order valence-electron chi connectivity index (χ4n) is 3.74. The number of fused-ring (bicyclic) bond motifs is 1. The minimum atomic E-state index is -1.69. The molecule has 9 nitrogen and oxygen atoms in total. The number of aliphatic hydroxyl groups is 1. The van der Waals surface area contributed by atoms with Crippen molar-refractivity contribution in [2.75, 3.05) is 13.6 Å². The van der Waals surface area contributed by atoms with E-state index in [1.54, 1.807) is 48.1 Å². The van der Waals surface area contributed by atoms with Crippen molar-refractivity contribution >= 4 is 28.6 Å². The Balaban J connectivity index is 1.73. The van der Waals surface area contributed by atoms with Gasteiger partial charge in [-0.15, -0.1) is 0 Å². The zero-order chi connectivity index (χ0) is 23.8. The number of carbonyl (C=O) groups is 3. The molecule has 1 atom stereocenters. The molecule has 168 valence electrons. The van der Waals surface area contributed by atoms with E-state index in [2.05, 4.69) is 22.3 Å². The number of likely N-dealkylation sites (N-methyl/N-ethyl adjacent to an activating group) is 1. The number of aromatic nitrogens is 2. The molecular weight excluding hydrogens is 422 g/mol. The summed E-state index contributed by atoms with van der Waals surface area (Å²) in [7, 11) is 1.63. The molecule has 0 saturated carbocycles. The van der Waals surface area contributed by atoms with Crippen molar-refractivity contribution in [1.29, 1.82) is 0 Å². The summed E-state index contributed by atoms with van der Waals surface area (Å²) in [5.74, 6) is 4.34. The lowest BCUT2D eigenvalue weighted by molar-refractivity contribution is -0.137. The molecule has 33 heavy (non-hydrogen) atoms. The number of carbonyl (C=O) groups excluding carboxylic acids is 3. The van der Waals surface area contributed by atoms with E-state index in [-0.39, 0.29) is 18.0 Å². The summed E-state index contributed by atoms with van der Waals surface area (Å²) in [4.78, 5) is 36.9. The maximum Gasteiger partial charge on any atom is 0.269 e. The number of rotatable bonds is 4. The van der Waals surface area contributed by atoms with Crippen LogP contribution in [0.15, 0.2) is 42.5 Å². The molecule has 2 heterocycles. The van der Waals surface area contributed by atoms with Crippen LogP contribution in [0.5, 0.6) is 0 Å². The number of nitrogens with one attached hydrogen (secondary N) is 1. The van der Waals surface area contributed by atoms with Crippen LogP contribution in [0.4, 0.5) is 0 Å². The summed E-state index contributed by atoms with van der Waals surface area (Å²) in [6.07, 6.45) is 0.252. The number of amides is 3. The number of nitrogens with two attached hydrogens (primary N) is 1. The second kappa shape index (κ2) is 8.41. The Morgan fingerprint density at radius 2 is 2.06 bits per heavy atom. The van der Waals surface area contributed by atoms with Gasteiger partial charge < -0.3 is 21.1 Å². The fourth-order valence-corrected chi connectivity index (χ4v) is 3.74. The second-order valence-corrected chi connectivity index (χ2v) is 8.02. The predicted octanol–water partition coefficient (Wildman–Crippen LogP) is 0.705. The Bertz CT molecular complexity index is 1350. The molecule has 4 N–H and O–H groups in total. The van der Waals surface area contributed by atoms with E-state index in [1.807, 2.05) is 6.07 Å². The molecule has 9 heteroatoms. The van der Waals surface area contributed by atoms with Gasteiger partial charge in [-0.05, 0) is 35.9 Å². The molecule has 1 aliphatic heterocycles. The lowest BCUT2D eigenvalue weighted by Gasteiger charge is -2.13. The summed E-state index contributed by atoms with van der Waals surface area (Å²) in [6, 6.07) is 12.5. The largest absolute Gasteiger partial charge is 0.369 e. The van der Waals surface area contributed by atoms with Crippen LogP contribution in [0.2, 0.25) is 0 Å². The van der Waals surface area contributed by atoms with Gasteiger partial charge in [-0.1, -0.05) is 24.0 Å². The summed E-state index contributed by atoms with van der Waals surface area (Å²) >= 11 is 0. The molecule has 0 radical (unpaired) electrons. The third-order valence-corrected chi connectivity index (χ3v) is 5.53. The van der Waals surface area contributed by atoms with E-state index in [4.69, 9.17) is 5.73 Å². The van der Waals surface area contributed by atoms with Crippen molar-refractivity contribution in [3.8, 4) is 17.5 Å². The lowest BCUT2D eigenvalue weighted by atomic mass is 10.0. The van der Waals surface area contributed by atoms with Gasteiger partial charge in [0.25, 0.3) is 11.8 Å². The van der Waals surface area contributed by atoms with Crippen LogP contribution in [0.25, 0.3) is 16.6 Å². The highest BCUT2D eigenvalue weighted by Gasteiger charge is 2.42. The first-order valence-corrected chi connectivity index (χ1v) is 10.4. The van der Waals surface area contributed by atoms with Gasteiger partial charge in [-0.3, -0.25) is 14.4 Å². The van der Waals surface area contributed by atoms with Crippen LogP contribution in [0, 0.1) is 11.8 Å². The summed E-state index contributed by atoms with van der Waals surface area (Å²) < 4.78 is 1.59. The molecule has 0 bridgehead atoms. The second-order valence-electron chi connectivity index (χ2n) is 8.02. The first-order chi connectivity index (χ1) is 15.7. The minimum Gasteiger partial charge on any atom is -0.369 e. The Kier molecular flexibility index (Phi) is 5.62. The summed E-state index contributed by atoms with van der Waals surface area (Å²) in [5, 5.41) is 18.2. The zero-order valence-corrected chi connectivity index (χ0v) is 18.3. The molecule has 3 amide bonds. The molecule has 0 unspecified atom stereocenters. The number of nitrogens with zero attached hydrogens (tertiary/aromatic N) is 3. The van der Waals surface area contributed by atoms with Gasteiger partial charge in [0.2, 0.25) is 11.5 Å². The highest BCUT2D eigenvalue weighted by atomic mass is 16.3. The van der Waals surface area contributed by atoms with Crippen LogP contribution in [-0.2, 0) is 16.1 Å². The molecule has 1 fully saturated rings. The standard InChI is InChI=1S/C24H23N5O4/c1-15(30)26-14-17-6-7-20-19(13-17)21(22(25)31)27-29(20)18-5-3-4-16(12-18)8-9-24(33)10-11-28(2)23(24)32/h3-7,12-13,33H,10-11,14H2,1-2H3,(H2,25,31)(H,26,30)/t24-/m0/s1. The quantitative estimate of drug-likeness (QED) is 0.509. The van der Waals surface area contributed by atoms with Gasteiger partial charge in [0.15, 0.2) is 5.69 Å². The topological polar surface area (TPSA) is 131 Å². The maximum absolute atomic E-state index is 12.2. The van der Waals surface area contributed by atoms with Crippen LogP contribution < -0.4 is 11.1 Å². The van der Waals surface area contributed by atoms with Crippen molar-refractivity contribution in [3.63, 3.8) is 0 Å². The van der Waals surface area contributed by atoms with Crippen molar-refractivity contribution in [2.45, 2.75) is 25.5 Å². The predicted molar refractivity (Wildman–Crippen MR) is 121 cm³/mol. The first kappa shape index (κ1) is 22.0. The lowest BCUT2D eigenvalue weighted by Crippen LogP contribution is -2.37. The highest BCUT2D eigenvalue weighted by molar-refractivity contribution is 6.04. The van der Waals surface area contributed by atoms with E-state index >= 15 is 0 Å². The van der Waals surface area contributed by atoms with Gasteiger partial charge in [0, 0.05) is 44.4 Å². The van der Waals surface area contributed by atoms with E-state index in [1.165, 1.54) is 11.8 Å². The van der Waals surface area contributed by atoms with Crippen molar-refractivity contribution in [2.24, 2.45) is 5.73 Å². The minimum absolute atomic E-state index is 0.111. The number of primary amides is 1. The third-order valence-electron chi connectivity index (χ3n) is 5.53. The smallest absolute Gasteiger partial charge is 0.269 e. The monoisotopic (exact) mass is 445 g/mol. The van der Waals surface area contributed by atoms with E-state index in [0.29, 0.717) is 35.2 Å². The summed E-state index contributed by atoms with van der Waals surface area (Å²) in [6.45, 7) is 2.19. The molecule has 0 aliphatic carbocycles. The molecule has 1 aliphatic rings. The van der Waals surface area contributed by atoms with Crippen LogP contribution >= 0.6 is 0 Å². The van der Waals surface area contributed by atoms with Crippen LogP contribution in [0.3, 0.4) is 0 Å². The number of hydrogen-bond acceptors (Lipinski definition) is 5. The molecule has 4 rings (SSSR count). The molecule has 1 aromatic heterocycles. The van der Waals surface area contributed by atoms with Gasteiger partial charge in [0.05, 0.1) is 11.2 Å². The Labute approximate surface area is 190 Å². The third kappa shape index (κ3) is 4.29. The summed E-state index contributed by atoms with van der Waals surface area (Å²) in [5.41, 5.74) is 6.66. The van der Waals surface area contributed by atoms with Crippen molar-refractivity contribution in [3.05, 3.63) is 59.3 Å². The Morgan fingerprint density at radius 3 is 2.73 bits per heavy atom. The fraction of sp³-hybridized carbons (Fsp3) is 0.250. The van der Waals surface area contributed by atoms with E-state index in [0.717, 1.165) is 5.56 Å². The highest BCUT2D eigenvalue weighted by Crippen LogP contribution is 2.25. The van der Waals surface area contributed by atoms with Crippen molar-refractivity contribution in [1.82, 2.24) is 20.0 Å². The number of benzene rings is 2. The molecular formula is C24H23N5O4. The normalized spacial score (nSPS) is 17.7. The molecule has 2 aromatic carbocycles. The zero-order valence-electron chi connectivity index (χ0n) is 18.3. The van der Waals surface area contributed by atoms with Gasteiger partial charge in [-0.25, -0.2) is 4.68 Å². The van der Waals surface area contributed by atoms with Crippen molar-refractivity contribution < 1.29 is 19.5 Å². The molecule has 3 aromatic rings. The van der Waals surface area contributed by atoms with Crippen LogP contribution in [0.1, 0.15) is 35.0 Å². The van der Waals surface area contributed by atoms with Gasteiger partial charge in [0.1, 0.15) is 0 Å². The van der Waals surface area contributed by atoms with Gasteiger partial charge in [-0.2, -0.15) is 5.10 Å². The van der Waals surface area contributed by atoms with E-state index in [9.17, 15) is 19.5 Å². The van der Waals surface area contributed by atoms with Gasteiger partial charge >= 0.3 is 0 Å². The first-order valence-electron chi connectivity index (χ1n) is 10.4. The average Bonchev–Trinajstić information content (AvgIpc) is 3.30. The number of likely N-dealkylation sites (tertiary alicyclic amines) is 1. The number of hydrogen-bond donors (Lipinski definition) is 3. The Hall–Kier alpha value is -4.16. The molecule has 1 saturated heterocycles.